The molecule has 3 rings (SSSR count). The van der Waals surface area contributed by atoms with Crippen molar-refractivity contribution in [2.45, 2.75) is 31.7 Å². The third-order valence-electron chi connectivity index (χ3n) is 5.07. The van der Waals surface area contributed by atoms with Gasteiger partial charge in [-0.05, 0) is 42.7 Å². The van der Waals surface area contributed by atoms with Gasteiger partial charge >= 0.3 is 5.97 Å². The predicted molar refractivity (Wildman–Crippen MR) is 131 cm³/mol. The number of aliphatic imine (C=N–C) groups is 1. The first-order valence-corrected chi connectivity index (χ1v) is 11.8. The zero-order chi connectivity index (χ0) is 24.3. The highest BCUT2D eigenvalue weighted by Crippen LogP contribution is 2.24. The smallest absolute Gasteiger partial charge is 0.326 e. The number of aliphatic carboxylic acids is 1. The molecule has 0 bridgehead atoms. The molecule has 1 aliphatic rings. The van der Waals surface area contributed by atoms with Crippen LogP contribution in [0.5, 0.6) is 5.75 Å². The number of carboxylic acids is 1. The molecule has 8 nitrogen and oxygen atoms in total. The molecule has 0 fully saturated rings. The number of halogens is 2. The van der Waals surface area contributed by atoms with Crippen LogP contribution >= 0.6 is 23.2 Å². The maximum atomic E-state index is 12.5. The Balaban J connectivity index is 1.44. The lowest BCUT2D eigenvalue weighted by Gasteiger charge is -2.16. The fourth-order valence-electron chi connectivity index (χ4n) is 3.28. The Labute approximate surface area is 208 Å². The summed E-state index contributed by atoms with van der Waals surface area (Å²) in [4.78, 5) is 28.5. The first-order chi connectivity index (χ1) is 16.4. The second-order valence-electron chi connectivity index (χ2n) is 7.68. The molecule has 0 radical (unpaired) electrons. The Kier molecular flexibility index (Phi) is 9.85. The Bertz CT molecular complexity index is 994. The van der Waals surface area contributed by atoms with E-state index in [0.29, 0.717) is 25.0 Å². The van der Waals surface area contributed by atoms with Crippen LogP contribution in [0.4, 0.5) is 0 Å². The number of amides is 1. The molecule has 1 aliphatic heterocycles. The van der Waals surface area contributed by atoms with E-state index in [1.54, 1.807) is 30.3 Å². The molecule has 1 unspecified atom stereocenters. The van der Waals surface area contributed by atoms with Gasteiger partial charge in [-0.15, -0.1) is 0 Å². The molecule has 0 aliphatic carbocycles. The Morgan fingerprint density at radius 3 is 2.50 bits per heavy atom. The van der Waals surface area contributed by atoms with Gasteiger partial charge in [-0.3, -0.25) is 4.79 Å². The molecule has 1 amide bonds. The van der Waals surface area contributed by atoms with Gasteiger partial charge in [0.15, 0.2) is 0 Å². The number of hydrogen-bond donors (Lipinski definition) is 3. The van der Waals surface area contributed by atoms with Crippen LogP contribution in [0.25, 0.3) is 0 Å². The van der Waals surface area contributed by atoms with E-state index >= 15 is 0 Å². The van der Waals surface area contributed by atoms with E-state index in [9.17, 15) is 14.7 Å². The van der Waals surface area contributed by atoms with E-state index in [1.165, 1.54) is 12.1 Å². The van der Waals surface area contributed by atoms with Gasteiger partial charge < -0.3 is 25.2 Å². The standard InChI is InChI=1S/C24H27Cl2N3O5/c25-18-5-3-6-19(26)21(18)22(30)29-20(23(31)32)15-16-7-9-17(10-8-16)33-13-2-1-11-27-24-28-12-4-14-34-24/h3,5-10,20H,1-2,4,11-15H2,(H,27,28)(H,29,30)(H,31,32). The number of rotatable bonds is 11. The Morgan fingerprint density at radius 2 is 1.85 bits per heavy atom. The lowest BCUT2D eigenvalue weighted by atomic mass is 10.1. The van der Waals surface area contributed by atoms with Crippen molar-refractivity contribution < 1.29 is 24.2 Å². The fourth-order valence-corrected chi connectivity index (χ4v) is 3.85. The molecule has 2 aromatic rings. The molecule has 0 spiro atoms. The van der Waals surface area contributed by atoms with Crippen LogP contribution in [-0.4, -0.2) is 55.3 Å². The van der Waals surface area contributed by atoms with Crippen LogP contribution in [0, 0.1) is 0 Å². The Morgan fingerprint density at radius 1 is 1.12 bits per heavy atom. The molecule has 0 saturated carbocycles. The van der Waals surface area contributed by atoms with Gasteiger partial charge in [0.25, 0.3) is 11.9 Å². The number of carboxylic acid groups (broad SMARTS) is 1. The molecule has 0 saturated heterocycles. The average Bonchev–Trinajstić information content (AvgIpc) is 2.82. The largest absolute Gasteiger partial charge is 0.494 e. The van der Waals surface area contributed by atoms with Crippen molar-refractivity contribution >= 4 is 41.1 Å². The van der Waals surface area contributed by atoms with Crippen LogP contribution in [-0.2, 0) is 16.0 Å². The summed E-state index contributed by atoms with van der Waals surface area (Å²) in [6.07, 6.45) is 2.83. The summed E-state index contributed by atoms with van der Waals surface area (Å²) in [5.74, 6) is -1.11. The lowest BCUT2D eigenvalue weighted by Crippen LogP contribution is -2.42. The van der Waals surface area contributed by atoms with Gasteiger partial charge in [0.2, 0.25) is 0 Å². The van der Waals surface area contributed by atoms with E-state index in [0.717, 1.165) is 37.9 Å². The minimum absolute atomic E-state index is 0.0512. The Hall–Kier alpha value is -2.97. The molecule has 1 atom stereocenters. The molecule has 1 heterocycles. The first kappa shape index (κ1) is 25.6. The number of benzene rings is 2. The minimum Gasteiger partial charge on any atom is -0.494 e. The van der Waals surface area contributed by atoms with E-state index in [4.69, 9.17) is 32.7 Å². The number of amidine groups is 1. The average molecular weight is 508 g/mol. The van der Waals surface area contributed by atoms with Gasteiger partial charge in [0.1, 0.15) is 11.8 Å². The molecule has 182 valence electrons. The predicted octanol–water partition coefficient (Wildman–Crippen LogP) is 3.94. The van der Waals surface area contributed by atoms with Crippen molar-refractivity contribution in [2.24, 2.45) is 4.99 Å². The van der Waals surface area contributed by atoms with Gasteiger partial charge in [0.05, 0.1) is 28.8 Å². The lowest BCUT2D eigenvalue weighted by molar-refractivity contribution is -0.139. The third-order valence-corrected chi connectivity index (χ3v) is 5.70. The van der Waals surface area contributed by atoms with Gasteiger partial charge in [0, 0.05) is 25.9 Å². The molecule has 0 aromatic heterocycles. The third kappa shape index (κ3) is 7.81. The van der Waals surface area contributed by atoms with Crippen molar-refractivity contribution in [1.82, 2.24) is 10.6 Å². The summed E-state index contributed by atoms with van der Waals surface area (Å²) in [6, 6.07) is 11.2. The molecule has 2 aromatic carbocycles. The monoisotopic (exact) mass is 507 g/mol. The summed E-state index contributed by atoms with van der Waals surface area (Å²) in [7, 11) is 0. The number of nitrogens with zero attached hydrogens (tertiary/aromatic N) is 1. The summed E-state index contributed by atoms with van der Waals surface area (Å²) in [6.45, 7) is 2.83. The van der Waals surface area contributed by atoms with Crippen LogP contribution in [0.3, 0.4) is 0 Å². The van der Waals surface area contributed by atoms with Gasteiger partial charge in [-0.1, -0.05) is 41.4 Å². The summed E-state index contributed by atoms with van der Waals surface area (Å²) >= 11 is 12.1. The number of nitrogens with one attached hydrogen (secondary N) is 2. The van der Waals surface area contributed by atoms with Crippen LogP contribution in [0.1, 0.15) is 35.2 Å². The highest BCUT2D eigenvalue weighted by molar-refractivity contribution is 6.39. The maximum absolute atomic E-state index is 12.5. The van der Waals surface area contributed by atoms with Crippen LogP contribution in [0.2, 0.25) is 10.0 Å². The molecular weight excluding hydrogens is 481 g/mol. The van der Waals surface area contributed by atoms with E-state index in [2.05, 4.69) is 15.6 Å². The van der Waals surface area contributed by atoms with E-state index in [-0.39, 0.29) is 22.0 Å². The molecule has 34 heavy (non-hydrogen) atoms. The number of ether oxygens (including phenoxy) is 2. The molecular formula is C24H27Cl2N3O5. The highest BCUT2D eigenvalue weighted by atomic mass is 35.5. The quantitative estimate of drug-likeness (QED) is 0.397. The number of carbonyl (C=O) groups is 2. The minimum atomic E-state index is -1.16. The van der Waals surface area contributed by atoms with Gasteiger partial charge in [-0.2, -0.15) is 0 Å². The highest BCUT2D eigenvalue weighted by Gasteiger charge is 2.23. The van der Waals surface area contributed by atoms with Crippen molar-refractivity contribution in [1.29, 1.82) is 0 Å². The summed E-state index contributed by atoms with van der Waals surface area (Å²) < 4.78 is 11.1. The topological polar surface area (TPSA) is 109 Å². The molecule has 10 heteroatoms. The fraction of sp³-hybridized carbons (Fsp3) is 0.375. The normalized spacial score (nSPS) is 13.9. The number of carbonyl (C=O) groups excluding carboxylic acids is 1. The van der Waals surface area contributed by atoms with Crippen LogP contribution in [0.15, 0.2) is 47.5 Å². The van der Waals surface area contributed by atoms with Crippen molar-refractivity contribution in [3.63, 3.8) is 0 Å². The summed E-state index contributed by atoms with van der Waals surface area (Å²) in [5.41, 5.74) is 0.790. The second-order valence-corrected chi connectivity index (χ2v) is 8.49. The number of unbranched alkanes of at least 4 members (excludes halogenated alkanes) is 1. The first-order valence-electron chi connectivity index (χ1n) is 11.0. The SMILES string of the molecule is O=C(NC(Cc1ccc(OCCCCNC2=NCCCO2)cc1)C(=O)O)c1c(Cl)cccc1Cl. The zero-order valence-corrected chi connectivity index (χ0v) is 20.1. The second kappa shape index (κ2) is 13.1. The van der Waals surface area contributed by atoms with Crippen molar-refractivity contribution in [3.05, 3.63) is 63.6 Å². The maximum Gasteiger partial charge on any atom is 0.326 e. The van der Waals surface area contributed by atoms with Crippen molar-refractivity contribution in [2.75, 3.05) is 26.3 Å². The molecule has 3 N–H and O–H groups in total. The zero-order valence-electron chi connectivity index (χ0n) is 18.6. The number of hydrogen-bond acceptors (Lipinski definition) is 6. The van der Waals surface area contributed by atoms with Crippen molar-refractivity contribution in [3.8, 4) is 5.75 Å². The van der Waals surface area contributed by atoms with E-state index < -0.39 is 17.9 Å². The summed E-state index contributed by atoms with van der Waals surface area (Å²) in [5, 5.41) is 15.5. The van der Waals surface area contributed by atoms with Crippen LogP contribution < -0.4 is 15.4 Å². The van der Waals surface area contributed by atoms with Gasteiger partial charge in [-0.25, -0.2) is 9.79 Å². The van der Waals surface area contributed by atoms with E-state index in [1.807, 2.05) is 0 Å².